The van der Waals surface area contributed by atoms with Gasteiger partial charge < -0.3 is 9.47 Å². The summed E-state index contributed by atoms with van der Waals surface area (Å²) >= 11 is 11.8. The van der Waals surface area contributed by atoms with Crippen molar-refractivity contribution in [2.75, 3.05) is 13.7 Å². The zero-order valence-electron chi connectivity index (χ0n) is 12.6. The van der Waals surface area contributed by atoms with Gasteiger partial charge in [-0.05, 0) is 24.3 Å². The van der Waals surface area contributed by atoms with Gasteiger partial charge in [0.05, 0.1) is 22.7 Å². The first-order valence-electron chi connectivity index (χ1n) is 6.82. The molecule has 0 fully saturated rings. The molecule has 6 nitrogen and oxygen atoms in total. The smallest absolute Gasteiger partial charge is 0.276 e. The minimum atomic E-state index is -0.628. The fourth-order valence-corrected chi connectivity index (χ4v) is 2.39. The third-order valence-electron chi connectivity index (χ3n) is 2.93. The van der Waals surface area contributed by atoms with Crippen LogP contribution in [0.5, 0.6) is 11.5 Å². The molecule has 2 amide bonds. The van der Waals surface area contributed by atoms with Gasteiger partial charge in [0, 0.05) is 0 Å². The van der Waals surface area contributed by atoms with Gasteiger partial charge in [-0.2, -0.15) is 0 Å². The van der Waals surface area contributed by atoms with E-state index in [4.69, 9.17) is 32.7 Å². The molecule has 0 saturated heterocycles. The molecule has 0 saturated carbocycles. The second-order valence-electron chi connectivity index (χ2n) is 4.54. The molecule has 0 atom stereocenters. The fourth-order valence-electron chi connectivity index (χ4n) is 1.82. The number of benzene rings is 2. The molecule has 2 N–H and O–H groups in total. The van der Waals surface area contributed by atoms with Crippen molar-refractivity contribution in [3.05, 3.63) is 58.1 Å². The first-order valence-corrected chi connectivity index (χ1v) is 7.57. The molecule has 24 heavy (non-hydrogen) atoms. The van der Waals surface area contributed by atoms with E-state index in [1.54, 1.807) is 30.3 Å². The number of para-hydroxylation sites is 2. The summed E-state index contributed by atoms with van der Waals surface area (Å²) in [5.41, 5.74) is 4.52. The first-order chi connectivity index (χ1) is 11.5. The Balaban J connectivity index is 1.88. The average Bonchev–Trinajstić information content (AvgIpc) is 2.58. The van der Waals surface area contributed by atoms with Gasteiger partial charge in [0.15, 0.2) is 18.1 Å². The molecule has 0 heterocycles. The van der Waals surface area contributed by atoms with Crippen LogP contribution in [0.15, 0.2) is 42.5 Å². The summed E-state index contributed by atoms with van der Waals surface area (Å²) in [6, 6.07) is 11.5. The van der Waals surface area contributed by atoms with Gasteiger partial charge in [-0.3, -0.25) is 20.4 Å². The fraction of sp³-hybridized carbons (Fsp3) is 0.125. The predicted octanol–water partition coefficient (Wildman–Crippen LogP) is 2.84. The van der Waals surface area contributed by atoms with E-state index in [1.807, 2.05) is 0 Å². The molecule has 0 aliphatic rings. The van der Waals surface area contributed by atoms with Crippen LogP contribution in [0.1, 0.15) is 10.4 Å². The van der Waals surface area contributed by atoms with Crippen LogP contribution in [0.25, 0.3) is 0 Å². The molecule has 8 heteroatoms. The van der Waals surface area contributed by atoms with E-state index in [0.717, 1.165) is 0 Å². The number of nitrogens with one attached hydrogen (secondary N) is 2. The van der Waals surface area contributed by atoms with Gasteiger partial charge in [-0.15, -0.1) is 0 Å². The lowest BCUT2D eigenvalue weighted by atomic mass is 10.2. The summed E-state index contributed by atoms with van der Waals surface area (Å²) in [6.07, 6.45) is 0. The summed E-state index contributed by atoms with van der Waals surface area (Å²) in [5.74, 6) is -0.276. The van der Waals surface area contributed by atoms with E-state index < -0.39 is 11.8 Å². The van der Waals surface area contributed by atoms with Crippen molar-refractivity contribution in [3.8, 4) is 11.5 Å². The number of halogens is 2. The Bertz CT molecular complexity index is 732. The Labute approximate surface area is 148 Å². The van der Waals surface area contributed by atoms with Crippen molar-refractivity contribution in [1.29, 1.82) is 0 Å². The number of hydrazine groups is 1. The van der Waals surface area contributed by atoms with Crippen LogP contribution in [-0.2, 0) is 4.79 Å². The van der Waals surface area contributed by atoms with Crippen LogP contribution in [0.2, 0.25) is 10.0 Å². The average molecular weight is 369 g/mol. The maximum atomic E-state index is 12.0. The Hall–Kier alpha value is -2.44. The number of rotatable bonds is 5. The number of amides is 2. The van der Waals surface area contributed by atoms with Crippen LogP contribution in [-0.4, -0.2) is 25.5 Å². The summed E-state index contributed by atoms with van der Waals surface area (Å²) in [5, 5.41) is 0.360. The second kappa shape index (κ2) is 8.42. The molecule has 2 rings (SSSR count). The highest BCUT2D eigenvalue weighted by atomic mass is 35.5. The van der Waals surface area contributed by atoms with Crippen molar-refractivity contribution in [2.24, 2.45) is 0 Å². The minimum Gasteiger partial charge on any atom is -0.493 e. The number of ether oxygens (including phenoxy) is 2. The maximum Gasteiger partial charge on any atom is 0.276 e. The van der Waals surface area contributed by atoms with Gasteiger partial charge in [0.1, 0.15) is 0 Å². The molecule has 0 unspecified atom stereocenters. The van der Waals surface area contributed by atoms with Crippen LogP contribution >= 0.6 is 23.2 Å². The maximum absolute atomic E-state index is 12.0. The standard InChI is InChI=1S/C16H14Cl2N2O4/c1-23-12-7-2-3-8-13(12)24-9-14(21)19-20-16(22)15-10(17)5-4-6-11(15)18/h2-8H,9H2,1H3,(H,19,21)(H,20,22). The molecule has 0 aliphatic heterocycles. The molecule has 126 valence electrons. The zero-order valence-corrected chi connectivity index (χ0v) is 14.1. The Kier molecular flexibility index (Phi) is 6.28. The Morgan fingerprint density at radius 3 is 2.21 bits per heavy atom. The molecular formula is C16H14Cl2N2O4. The monoisotopic (exact) mass is 368 g/mol. The van der Waals surface area contributed by atoms with Crippen LogP contribution in [0.4, 0.5) is 0 Å². The topological polar surface area (TPSA) is 76.7 Å². The van der Waals surface area contributed by atoms with Gasteiger partial charge in [-0.25, -0.2) is 0 Å². The van der Waals surface area contributed by atoms with Gasteiger partial charge in [0.2, 0.25) is 0 Å². The van der Waals surface area contributed by atoms with Crippen LogP contribution in [0.3, 0.4) is 0 Å². The van der Waals surface area contributed by atoms with E-state index in [1.165, 1.54) is 19.2 Å². The highest BCUT2D eigenvalue weighted by Gasteiger charge is 2.15. The van der Waals surface area contributed by atoms with E-state index >= 15 is 0 Å². The van der Waals surface area contributed by atoms with E-state index in [9.17, 15) is 9.59 Å². The van der Waals surface area contributed by atoms with E-state index in [2.05, 4.69) is 10.9 Å². The summed E-state index contributed by atoms with van der Waals surface area (Å²) in [4.78, 5) is 23.8. The predicted molar refractivity (Wildman–Crippen MR) is 90.6 cm³/mol. The van der Waals surface area contributed by atoms with Crippen LogP contribution in [0, 0.1) is 0 Å². The first kappa shape index (κ1) is 17.9. The van der Waals surface area contributed by atoms with Crippen molar-refractivity contribution in [1.82, 2.24) is 10.9 Å². The molecular weight excluding hydrogens is 355 g/mol. The molecule has 0 aromatic heterocycles. The Morgan fingerprint density at radius 2 is 1.58 bits per heavy atom. The normalized spacial score (nSPS) is 9.96. The van der Waals surface area contributed by atoms with E-state index in [0.29, 0.717) is 11.5 Å². The lowest BCUT2D eigenvalue weighted by Crippen LogP contribution is -2.44. The van der Waals surface area contributed by atoms with E-state index in [-0.39, 0.29) is 22.2 Å². The number of hydrogen-bond acceptors (Lipinski definition) is 4. The lowest BCUT2D eigenvalue weighted by molar-refractivity contribution is -0.123. The van der Waals surface area contributed by atoms with Crippen molar-refractivity contribution < 1.29 is 19.1 Å². The summed E-state index contributed by atoms with van der Waals surface area (Å²) in [7, 11) is 1.50. The summed E-state index contributed by atoms with van der Waals surface area (Å²) < 4.78 is 10.4. The minimum absolute atomic E-state index is 0.0757. The molecule has 2 aromatic rings. The van der Waals surface area contributed by atoms with Gasteiger partial charge >= 0.3 is 0 Å². The second-order valence-corrected chi connectivity index (χ2v) is 5.35. The van der Waals surface area contributed by atoms with Crippen molar-refractivity contribution in [3.63, 3.8) is 0 Å². The van der Waals surface area contributed by atoms with Crippen LogP contribution < -0.4 is 20.3 Å². The number of carbonyl (C=O) groups excluding carboxylic acids is 2. The molecule has 0 radical (unpaired) electrons. The summed E-state index contributed by atoms with van der Waals surface area (Å²) in [6.45, 7) is -0.309. The highest BCUT2D eigenvalue weighted by molar-refractivity contribution is 6.39. The van der Waals surface area contributed by atoms with Gasteiger partial charge in [0.25, 0.3) is 11.8 Å². The molecule has 2 aromatic carbocycles. The number of hydrogen-bond donors (Lipinski definition) is 2. The highest BCUT2D eigenvalue weighted by Crippen LogP contribution is 2.25. The van der Waals surface area contributed by atoms with Gasteiger partial charge in [-0.1, -0.05) is 41.4 Å². The SMILES string of the molecule is COc1ccccc1OCC(=O)NNC(=O)c1c(Cl)cccc1Cl. The number of carbonyl (C=O) groups is 2. The Morgan fingerprint density at radius 1 is 0.958 bits per heavy atom. The third-order valence-corrected chi connectivity index (χ3v) is 3.56. The third kappa shape index (κ3) is 4.53. The molecule has 0 bridgehead atoms. The lowest BCUT2D eigenvalue weighted by Gasteiger charge is -2.12. The van der Waals surface area contributed by atoms with Crippen molar-refractivity contribution in [2.45, 2.75) is 0 Å². The quantitative estimate of drug-likeness (QED) is 0.795. The zero-order chi connectivity index (χ0) is 17.5. The number of methoxy groups -OCH3 is 1. The molecule has 0 aliphatic carbocycles. The largest absolute Gasteiger partial charge is 0.493 e. The molecule has 0 spiro atoms. The van der Waals surface area contributed by atoms with Crippen molar-refractivity contribution >= 4 is 35.0 Å².